The molecule has 28 heavy (non-hydrogen) atoms. The molecule has 0 bridgehead atoms. The number of carbonyl (C=O) groups excluding carboxylic acids is 2. The zero-order chi connectivity index (χ0) is 20.1. The van der Waals surface area contributed by atoms with Crippen LogP contribution in [0.5, 0.6) is 0 Å². The van der Waals surface area contributed by atoms with Crippen LogP contribution >= 0.6 is 11.6 Å². The van der Waals surface area contributed by atoms with Crippen molar-refractivity contribution in [3.05, 3.63) is 69.6 Å². The van der Waals surface area contributed by atoms with Crippen LogP contribution in [0.4, 0.5) is 5.69 Å². The lowest BCUT2D eigenvalue weighted by Crippen LogP contribution is -2.28. The number of nitrogens with zero attached hydrogens (tertiary/aromatic N) is 2. The van der Waals surface area contributed by atoms with Crippen molar-refractivity contribution in [3.63, 3.8) is 0 Å². The third-order valence-corrected chi connectivity index (χ3v) is 4.33. The molecular weight excluding hydrogens is 380 g/mol. The number of halogens is 1. The first-order chi connectivity index (χ1) is 13.5. The lowest BCUT2D eigenvalue weighted by Gasteiger charge is -2.11. The highest BCUT2D eigenvalue weighted by atomic mass is 35.5. The minimum Gasteiger partial charge on any atom is -0.352 e. The number of fused-ring (bicyclic) bond motifs is 1. The quantitative estimate of drug-likeness (QED) is 0.667. The van der Waals surface area contributed by atoms with Gasteiger partial charge in [0.15, 0.2) is 0 Å². The Morgan fingerprint density at radius 3 is 2.61 bits per heavy atom. The molecule has 3 rings (SSSR count). The molecule has 0 saturated heterocycles. The maximum Gasteiger partial charge on any atom is 0.269 e. The Morgan fingerprint density at radius 2 is 1.89 bits per heavy atom. The molecule has 0 saturated carbocycles. The summed E-state index contributed by atoms with van der Waals surface area (Å²) in [5.41, 5.74) is 1.57. The first-order valence-corrected chi connectivity index (χ1v) is 9.19. The minimum atomic E-state index is -0.401. The van der Waals surface area contributed by atoms with Crippen LogP contribution in [0.25, 0.3) is 11.0 Å². The van der Waals surface area contributed by atoms with Crippen LogP contribution in [0, 0.1) is 0 Å². The summed E-state index contributed by atoms with van der Waals surface area (Å²) in [5, 5.41) is 6.08. The Balaban J connectivity index is 1.84. The maximum absolute atomic E-state index is 12.4. The summed E-state index contributed by atoms with van der Waals surface area (Å²) in [6.07, 6.45) is 1.98. The van der Waals surface area contributed by atoms with E-state index in [1.165, 1.54) is 4.57 Å². The van der Waals surface area contributed by atoms with E-state index in [9.17, 15) is 14.4 Å². The number of hydrogen-bond acceptors (Lipinski definition) is 4. The molecule has 2 N–H and O–H groups in total. The normalized spacial score (nSPS) is 10.6. The van der Waals surface area contributed by atoms with Gasteiger partial charge in [-0.15, -0.1) is 0 Å². The Kier molecular flexibility index (Phi) is 6.06. The molecule has 2 amide bonds. The first-order valence-electron chi connectivity index (χ1n) is 8.81. The van der Waals surface area contributed by atoms with E-state index in [2.05, 4.69) is 15.6 Å². The number of nitrogens with one attached hydrogen (secondary N) is 2. The topological polar surface area (TPSA) is 93.1 Å². The highest BCUT2D eigenvalue weighted by Gasteiger charge is 2.12. The van der Waals surface area contributed by atoms with Crippen molar-refractivity contribution < 1.29 is 9.59 Å². The molecule has 0 spiro atoms. The summed E-state index contributed by atoms with van der Waals surface area (Å²) in [7, 11) is 0. The van der Waals surface area contributed by atoms with Gasteiger partial charge in [0.1, 0.15) is 6.54 Å². The second kappa shape index (κ2) is 8.67. The largest absolute Gasteiger partial charge is 0.352 e. The van der Waals surface area contributed by atoms with Crippen LogP contribution in [-0.2, 0) is 11.3 Å². The van der Waals surface area contributed by atoms with E-state index >= 15 is 0 Å². The molecule has 0 fully saturated rings. The summed E-state index contributed by atoms with van der Waals surface area (Å²) >= 11 is 5.83. The number of rotatable bonds is 6. The van der Waals surface area contributed by atoms with Gasteiger partial charge < -0.3 is 10.6 Å². The predicted molar refractivity (Wildman–Crippen MR) is 109 cm³/mol. The number of hydrogen-bond donors (Lipinski definition) is 2. The van der Waals surface area contributed by atoms with E-state index in [0.29, 0.717) is 33.9 Å². The van der Waals surface area contributed by atoms with Crippen LogP contribution in [0.3, 0.4) is 0 Å². The van der Waals surface area contributed by atoms with Gasteiger partial charge in [-0.2, -0.15) is 0 Å². The molecule has 0 aliphatic rings. The third kappa shape index (κ3) is 4.55. The average molecular weight is 399 g/mol. The molecule has 0 unspecified atom stereocenters. The van der Waals surface area contributed by atoms with Crippen molar-refractivity contribution in [1.82, 2.24) is 14.9 Å². The zero-order valence-corrected chi connectivity index (χ0v) is 16.0. The van der Waals surface area contributed by atoms with Gasteiger partial charge in [0.2, 0.25) is 5.91 Å². The Bertz CT molecular complexity index is 1080. The number of benzene rings is 2. The maximum atomic E-state index is 12.4. The monoisotopic (exact) mass is 398 g/mol. The molecule has 2 aromatic carbocycles. The van der Waals surface area contributed by atoms with E-state index in [1.54, 1.807) is 42.5 Å². The fraction of sp³-hybridized carbons (Fsp3) is 0.200. The van der Waals surface area contributed by atoms with Gasteiger partial charge in [-0.3, -0.25) is 19.0 Å². The van der Waals surface area contributed by atoms with E-state index in [4.69, 9.17) is 11.6 Å². The summed E-state index contributed by atoms with van der Waals surface area (Å²) in [6.45, 7) is 2.37. The number of aromatic nitrogens is 2. The molecule has 0 aliphatic carbocycles. The molecular formula is C20H19ClN4O3. The summed E-state index contributed by atoms with van der Waals surface area (Å²) in [6, 6.07) is 11.5. The van der Waals surface area contributed by atoms with Crippen molar-refractivity contribution in [2.45, 2.75) is 19.9 Å². The lowest BCUT2D eigenvalue weighted by atomic mass is 10.1. The Morgan fingerprint density at radius 1 is 1.14 bits per heavy atom. The van der Waals surface area contributed by atoms with E-state index in [1.807, 2.05) is 6.92 Å². The number of amides is 2. The second-order valence-electron chi connectivity index (χ2n) is 6.20. The van der Waals surface area contributed by atoms with Crippen LogP contribution in [0.1, 0.15) is 23.7 Å². The van der Waals surface area contributed by atoms with E-state index in [0.717, 1.165) is 12.6 Å². The van der Waals surface area contributed by atoms with E-state index in [-0.39, 0.29) is 18.4 Å². The standard InChI is InChI=1S/C20H19ClN4O3/c1-2-9-22-20(28)13-3-8-17-16(10-13)23-11-19(27)25(17)12-18(26)24-15-6-4-14(21)5-7-15/h3-8,10-11H,2,9,12H2,1H3,(H,22,28)(H,24,26). The minimum absolute atomic E-state index is 0.179. The van der Waals surface area contributed by atoms with Gasteiger partial charge in [0.25, 0.3) is 11.5 Å². The van der Waals surface area contributed by atoms with Crippen LogP contribution < -0.4 is 16.2 Å². The molecule has 144 valence electrons. The Hall–Kier alpha value is -3.19. The van der Waals surface area contributed by atoms with E-state index < -0.39 is 5.56 Å². The molecule has 3 aromatic rings. The van der Waals surface area contributed by atoms with Gasteiger partial charge in [0.05, 0.1) is 17.2 Å². The third-order valence-electron chi connectivity index (χ3n) is 4.07. The van der Waals surface area contributed by atoms with Gasteiger partial charge >= 0.3 is 0 Å². The molecule has 1 aromatic heterocycles. The zero-order valence-electron chi connectivity index (χ0n) is 15.2. The van der Waals surface area contributed by atoms with Crippen molar-refractivity contribution in [2.24, 2.45) is 0 Å². The van der Waals surface area contributed by atoms with Gasteiger partial charge in [-0.05, 0) is 48.9 Å². The number of carbonyl (C=O) groups is 2. The van der Waals surface area contributed by atoms with Gasteiger partial charge in [-0.1, -0.05) is 18.5 Å². The lowest BCUT2D eigenvalue weighted by molar-refractivity contribution is -0.116. The summed E-state index contributed by atoms with van der Waals surface area (Å²) < 4.78 is 1.32. The van der Waals surface area contributed by atoms with Crippen LogP contribution in [0.15, 0.2) is 53.5 Å². The SMILES string of the molecule is CCCNC(=O)c1ccc2c(c1)ncc(=O)n2CC(=O)Nc1ccc(Cl)cc1. The first kappa shape index (κ1) is 19.6. The van der Waals surface area contributed by atoms with Crippen molar-refractivity contribution in [1.29, 1.82) is 0 Å². The number of anilines is 1. The average Bonchev–Trinajstić information content (AvgIpc) is 2.69. The predicted octanol–water partition coefficient (Wildman–Crippen LogP) is 2.83. The fourth-order valence-corrected chi connectivity index (χ4v) is 2.82. The molecule has 1 heterocycles. The second-order valence-corrected chi connectivity index (χ2v) is 6.63. The summed E-state index contributed by atoms with van der Waals surface area (Å²) in [4.78, 5) is 40.8. The van der Waals surface area contributed by atoms with Gasteiger partial charge in [0, 0.05) is 22.8 Å². The summed E-state index contributed by atoms with van der Waals surface area (Å²) in [5.74, 6) is -0.564. The van der Waals surface area contributed by atoms with Crippen LogP contribution in [-0.4, -0.2) is 27.9 Å². The Labute approximate surface area is 166 Å². The van der Waals surface area contributed by atoms with Gasteiger partial charge in [-0.25, -0.2) is 4.98 Å². The highest BCUT2D eigenvalue weighted by Crippen LogP contribution is 2.15. The molecule has 0 aliphatic heterocycles. The van der Waals surface area contributed by atoms with Crippen molar-refractivity contribution >= 4 is 40.1 Å². The van der Waals surface area contributed by atoms with Crippen molar-refractivity contribution in [2.75, 3.05) is 11.9 Å². The molecule has 8 heteroatoms. The smallest absolute Gasteiger partial charge is 0.269 e. The van der Waals surface area contributed by atoms with Crippen molar-refractivity contribution in [3.8, 4) is 0 Å². The van der Waals surface area contributed by atoms with Crippen LogP contribution in [0.2, 0.25) is 5.02 Å². The fourth-order valence-electron chi connectivity index (χ4n) is 2.69. The molecule has 0 atom stereocenters. The molecule has 7 nitrogen and oxygen atoms in total. The highest BCUT2D eigenvalue weighted by molar-refractivity contribution is 6.30. The molecule has 0 radical (unpaired) electrons.